The van der Waals surface area contributed by atoms with Crippen molar-refractivity contribution in [3.05, 3.63) is 35.9 Å². The molecule has 1 rings (SSSR count). The molecule has 0 saturated heterocycles. The molecule has 0 bridgehead atoms. The fraction of sp³-hybridized carbons (Fsp3) is 0.647. The van der Waals surface area contributed by atoms with E-state index < -0.39 is 0 Å². The lowest BCUT2D eigenvalue weighted by molar-refractivity contribution is 0.190. The molecule has 0 aliphatic heterocycles. The molecule has 2 heteroatoms. The fourth-order valence-corrected chi connectivity index (χ4v) is 2.61. The van der Waals surface area contributed by atoms with Crippen molar-refractivity contribution in [2.24, 2.45) is 17.6 Å². The number of hydrogen-bond acceptors (Lipinski definition) is 2. The molecule has 0 saturated carbocycles. The van der Waals surface area contributed by atoms with Crippen molar-refractivity contribution >= 4 is 0 Å². The predicted molar refractivity (Wildman–Crippen MR) is 84.1 cm³/mol. The van der Waals surface area contributed by atoms with Gasteiger partial charge in [-0.15, -0.1) is 0 Å². The quantitative estimate of drug-likeness (QED) is 0.812. The van der Waals surface area contributed by atoms with Gasteiger partial charge in [0, 0.05) is 18.6 Å². The zero-order valence-corrected chi connectivity index (χ0v) is 13.1. The Morgan fingerprint density at radius 1 is 1.05 bits per heavy atom. The smallest absolute Gasteiger partial charge is 0.0333 e. The Balaban J connectivity index is 2.52. The standard InChI is InChI=1S/C17H30N2/c1-13(2)11-15(4)19(5)12-14(3)17(18)16-9-7-6-8-10-16/h6-10,13-15,17H,11-12,18H2,1-5H3. The second kappa shape index (κ2) is 7.66. The van der Waals surface area contributed by atoms with Crippen LogP contribution in [0, 0.1) is 11.8 Å². The SMILES string of the molecule is CC(C)CC(C)N(C)CC(C)C(N)c1ccccc1. The van der Waals surface area contributed by atoms with Crippen molar-refractivity contribution < 1.29 is 0 Å². The highest BCUT2D eigenvalue weighted by Gasteiger charge is 2.19. The Morgan fingerprint density at radius 3 is 2.16 bits per heavy atom. The maximum atomic E-state index is 6.36. The summed E-state index contributed by atoms with van der Waals surface area (Å²) >= 11 is 0. The summed E-state index contributed by atoms with van der Waals surface area (Å²) in [5.41, 5.74) is 7.60. The summed E-state index contributed by atoms with van der Waals surface area (Å²) in [4.78, 5) is 2.44. The van der Waals surface area contributed by atoms with Crippen molar-refractivity contribution in [2.75, 3.05) is 13.6 Å². The third kappa shape index (κ3) is 5.33. The van der Waals surface area contributed by atoms with E-state index in [0.717, 1.165) is 12.5 Å². The Morgan fingerprint density at radius 2 is 1.63 bits per heavy atom. The van der Waals surface area contributed by atoms with E-state index in [4.69, 9.17) is 5.73 Å². The van der Waals surface area contributed by atoms with Crippen molar-refractivity contribution in [2.45, 2.75) is 46.2 Å². The van der Waals surface area contributed by atoms with E-state index in [0.29, 0.717) is 12.0 Å². The summed E-state index contributed by atoms with van der Waals surface area (Å²) in [6, 6.07) is 11.1. The summed E-state index contributed by atoms with van der Waals surface area (Å²) in [6.07, 6.45) is 1.24. The largest absolute Gasteiger partial charge is 0.324 e. The lowest BCUT2D eigenvalue weighted by Crippen LogP contribution is -2.37. The highest BCUT2D eigenvalue weighted by Crippen LogP contribution is 2.21. The molecule has 19 heavy (non-hydrogen) atoms. The lowest BCUT2D eigenvalue weighted by atomic mass is 9.94. The monoisotopic (exact) mass is 262 g/mol. The highest BCUT2D eigenvalue weighted by atomic mass is 15.1. The summed E-state index contributed by atoms with van der Waals surface area (Å²) in [5, 5.41) is 0. The van der Waals surface area contributed by atoms with Crippen molar-refractivity contribution in [1.82, 2.24) is 4.90 Å². The van der Waals surface area contributed by atoms with E-state index in [1.54, 1.807) is 0 Å². The van der Waals surface area contributed by atoms with Gasteiger partial charge in [0.05, 0.1) is 0 Å². The zero-order valence-electron chi connectivity index (χ0n) is 13.1. The molecule has 0 fully saturated rings. The molecule has 0 amide bonds. The molecule has 0 aromatic heterocycles. The molecular formula is C17H30N2. The van der Waals surface area contributed by atoms with Crippen LogP contribution in [-0.2, 0) is 0 Å². The van der Waals surface area contributed by atoms with Crippen LogP contribution in [0.4, 0.5) is 0 Å². The molecule has 108 valence electrons. The first kappa shape index (κ1) is 16.2. The summed E-state index contributed by atoms with van der Waals surface area (Å²) < 4.78 is 0. The molecule has 0 radical (unpaired) electrons. The van der Waals surface area contributed by atoms with Crippen LogP contribution < -0.4 is 5.73 Å². The van der Waals surface area contributed by atoms with Crippen molar-refractivity contribution in [1.29, 1.82) is 0 Å². The Hall–Kier alpha value is -0.860. The van der Waals surface area contributed by atoms with E-state index in [-0.39, 0.29) is 6.04 Å². The predicted octanol–water partition coefficient (Wildman–Crippen LogP) is 3.69. The first-order valence-electron chi connectivity index (χ1n) is 7.42. The van der Waals surface area contributed by atoms with Crippen LogP contribution in [0.15, 0.2) is 30.3 Å². The first-order chi connectivity index (χ1) is 8.91. The highest BCUT2D eigenvalue weighted by molar-refractivity contribution is 5.19. The Kier molecular flexibility index (Phi) is 6.53. The topological polar surface area (TPSA) is 29.3 Å². The number of hydrogen-bond donors (Lipinski definition) is 1. The molecule has 3 atom stereocenters. The van der Waals surface area contributed by atoms with Gasteiger partial charge in [-0.3, -0.25) is 0 Å². The van der Waals surface area contributed by atoms with Crippen LogP contribution in [-0.4, -0.2) is 24.5 Å². The molecule has 1 aromatic carbocycles. The molecule has 2 nitrogen and oxygen atoms in total. The Bertz CT molecular complexity index is 348. The van der Waals surface area contributed by atoms with Gasteiger partial charge in [0.25, 0.3) is 0 Å². The van der Waals surface area contributed by atoms with Crippen LogP contribution in [0.25, 0.3) is 0 Å². The number of nitrogens with zero attached hydrogens (tertiary/aromatic N) is 1. The number of rotatable bonds is 7. The van der Waals surface area contributed by atoms with Crippen LogP contribution in [0.3, 0.4) is 0 Å². The summed E-state index contributed by atoms with van der Waals surface area (Å²) in [5.74, 6) is 1.21. The van der Waals surface area contributed by atoms with Gasteiger partial charge in [0.2, 0.25) is 0 Å². The maximum absolute atomic E-state index is 6.36. The van der Waals surface area contributed by atoms with Crippen LogP contribution >= 0.6 is 0 Å². The van der Waals surface area contributed by atoms with Gasteiger partial charge >= 0.3 is 0 Å². The van der Waals surface area contributed by atoms with E-state index in [1.807, 2.05) is 6.07 Å². The van der Waals surface area contributed by atoms with E-state index >= 15 is 0 Å². The third-order valence-corrected chi connectivity index (χ3v) is 3.94. The third-order valence-electron chi connectivity index (χ3n) is 3.94. The number of benzene rings is 1. The van der Waals surface area contributed by atoms with Crippen molar-refractivity contribution in [3.63, 3.8) is 0 Å². The zero-order chi connectivity index (χ0) is 14.4. The summed E-state index contributed by atoms with van der Waals surface area (Å²) in [7, 11) is 2.21. The fourth-order valence-electron chi connectivity index (χ4n) is 2.61. The number of nitrogens with two attached hydrogens (primary N) is 1. The van der Waals surface area contributed by atoms with Gasteiger partial charge in [0.15, 0.2) is 0 Å². The van der Waals surface area contributed by atoms with Gasteiger partial charge in [-0.25, -0.2) is 0 Å². The normalized spacial score (nSPS) is 16.6. The van der Waals surface area contributed by atoms with Gasteiger partial charge in [0.1, 0.15) is 0 Å². The molecule has 0 aliphatic rings. The summed E-state index contributed by atoms with van der Waals surface area (Å²) in [6.45, 7) is 10.2. The minimum absolute atomic E-state index is 0.120. The van der Waals surface area contributed by atoms with Gasteiger partial charge in [-0.2, -0.15) is 0 Å². The second-order valence-corrected chi connectivity index (χ2v) is 6.33. The van der Waals surface area contributed by atoms with Crippen LogP contribution in [0.5, 0.6) is 0 Å². The molecule has 0 heterocycles. The van der Waals surface area contributed by atoms with Gasteiger partial charge in [-0.1, -0.05) is 51.1 Å². The Labute approximate surface area is 119 Å². The van der Waals surface area contributed by atoms with Crippen LogP contribution in [0.2, 0.25) is 0 Å². The van der Waals surface area contributed by atoms with E-state index in [1.165, 1.54) is 12.0 Å². The average Bonchev–Trinajstić information content (AvgIpc) is 2.37. The van der Waals surface area contributed by atoms with E-state index in [2.05, 4.69) is 63.9 Å². The first-order valence-corrected chi connectivity index (χ1v) is 7.42. The van der Waals surface area contributed by atoms with Gasteiger partial charge < -0.3 is 10.6 Å². The van der Waals surface area contributed by atoms with E-state index in [9.17, 15) is 0 Å². The van der Waals surface area contributed by atoms with Crippen LogP contribution in [0.1, 0.15) is 45.7 Å². The molecular weight excluding hydrogens is 232 g/mol. The molecule has 3 unspecified atom stereocenters. The molecule has 1 aromatic rings. The minimum atomic E-state index is 0.120. The molecule has 0 spiro atoms. The molecule has 2 N–H and O–H groups in total. The minimum Gasteiger partial charge on any atom is -0.324 e. The molecule has 0 aliphatic carbocycles. The van der Waals surface area contributed by atoms with Gasteiger partial charge in [-0.05, 0) is 37.8 Å². The second-order valence-electron chi connectivity index (χ2n) is 6.33. The average molecular weight is 262 g/mol. The van der Waals surface area contributed by atoms with Crippen molar-refractivity contribution in [3.8, 4) is 0 Å². The lowest BCUT2D eigenvalue weighted by Gasteiger charge is -2.31. The maximum Gasteiger partial charge on any atom is 0.0333 e.